The Bertz CT molecular complexity index is 403. The van der Waals surface area contributed by atoms with Gasteiger partial charge in [-0.05, 0) is 50.6 Å². The third-order valence-electron chi connectivity index (χ3n) is 4.81. The van der Waals surface area contributed by atoms with Crippen LogP contribution in [0.2, 0.25) is 0 Å². The second-order valence-electron chi connectivity index (χ2n) is 6.77. The molecule has 0 radical (unpaired) electrons. The van der Waals surface area contributed by atoms with Crippen LogP contribution in [0.25, 0.3) is 0 Å². The zero-order chi connectivity index (χ0) is 14.6. The molecule has 5 nitrogen and oxygen atoms in total. The van der Waals surface area contributed by atoms with Crippen LogP contribution in [0, 0.1) is 11.3 Å². The van der Waals surface area contributed by atoms with Gasteiger partial charge in [-0.3, -0.25) is 0 Å². The molecule has 0 aromatic rings. The first-order valence-corrected chi connectivity index (χ1v) is 9.29. The molecule has 6 heteroatoms. The largest absolute Gasteiger partial charge is 0.319 e. The fourth-order valence-electron chi connectivity index (χ4n) is 3.46. The summed E-state index contributed by atoms with van der Waals surface area (Å²) in [5.74, 6) is 0.437. The van der Waals surface area contributed by atoms with Crippen LogP contribution in [0.1, 0.15) is 45.4 Å². The molecule has 2 rings (SSSR count). The Morgan fingerprint density at radius 2 is 1.95 bits per heavy atom. The highest BCUT2D eigenvalue weighted by atomic mass is 32.2. The van der Waals surface area contributed by atoms with E-state index in [4.69, 9.17) is 0 Å². The minimum Gasteiger partial charge on any atom is -0.319 e. The van der Waals surface area contributed by atoms with Gasteiger partial charge in [0.15, 0.2) is 0 Å². The van der Waals surface area contributed by atoms with E-state index >= 15 is 0 Å². The van der Waals surface area contributed by atoms with Crippen molar-refractivity contribution < 1.29 is 8.42 Å². The van der Waals surface area contributed by atoms with Gasteiger partial charge in [0.25, 0.3) is 10.2 Å². The van der Waals surface area contributed by atoms with Crippen LogP contribution < -0.4 is 10.0 Å². The van der Waals surface area contributed by atoms with Gasteiger partial charge in [0, 0.05) is 19.6 Å². The summed E-state index contributed by atoms with van der Waals surface area (Å²) < 4.78 is 29.3. The molecule has 1 unspecified atom stereocenters. The SMILES string of the molecule is CNCC1CCCN(S(=O)(=O)NCC2(C)CCCC2)C1. The minimum atomic E-state index is -3.30. The van der Waals surface area contributed by atoms with Crippen molar-refractivity contribution in [3.05, 3.63) is 0 Å². The van der Waals surface area contributed by atoms with Crippen LogP contribution in [-0.2, 0) is 10.2 Å². The summed E-state index contributed by atoms with van der Waals surface area (Å²) >= 11 is 0. The summed E-state index contributed by atoms with van der Waals surface area (Å²) in [4.78, 5) is 0. The Labute approximate surface area is 123 Å². The van der Waals surface area contributed by atoms with Crippen molar-refractivity contribution in [2.45, 2.75) is 45.4 Å². The van der Waals surface area contributed by atoms with Crippen LogP contribution in [0.15, 0.2) is 0 Å². The number of nitrogens with one attached hydrogen (secondary N) is 2. The second-order valence-corrected chi connectivity index (χ2v) is 8.52. The van der Waals surface area contributed by atoms with Crippen molar-refractivity contribution in [1.82, 2.24) is 14.3 Å². The average Bonchev–Trinajstić information content (AvgIpc) is 2.85. The Balaban J connectivity index is 1.88. The van der Waals surface area contributed by atoms with E-state index in [2.05, 4.69) is 17.0 Å². The Hall–Kier alpha value is -0.170. The van der Waals surface area contributed by atoms with Crippen molar-refractivity contribution in [1.29, 1.82) is 0 Å². The maximum Gasteiger partial charge on any atom is 0.279 e. The van der Waals surface area contributed by atoms with Crippen molar-refractivity contribution in [2.75, 3.05) is 33.2 Å². The predicted molar refractivity (Wildman–Crippen MR) is 81.7 cm³/mol. The van der Waals surface area contributed by atoms with Gasteiger partial charge in [-0.15, -0.1) is 0 Å². The second kappa shape index (κ2) is 6.73. The maximum absolute atomic E-state index is 12.4. The Morgan fingerprint density at radius 3 is 2.60 bits per heavy atom. The van der Waals surface area contributed by atoms with E-state index in [9.17, 15) is 8.42 Å². The summed E-state index contributed by atoms with van der Waals surface area (Å²) in [6, 6.07) is 0. The molecule has 0 bridgehead atoms. The molecular formula is C14H29N3O2S. The minimum absolute atomic E-state index is 0.160. The van der Waals surface area contributed by atoms with E-state index < -0.39 is 10.2 Å². The van der Waals surface area contributed by atoms with Gasteiger partial charge in [0.2, 0.25) is 0 Å². The highest BCUT2D eigenvalue weighted by Gasteiger charge is 2.33. The molecule has 0 spiro atoms. The fourth-order valence-corrected chi connectivity index (χ4v) is 4.95. The third-order valence-corrected chi connectivity index (χ3v) is 6.33. The molecule has 2 N–H and O–H groups in total. The monoisotopic (exact) mass is 303 g/mol. The lowest BCUT2D eigenvalue weighted by Crippen LogP contribution is -2.49. The molecule has 0 aromatic heterocycles. The molecular weight excluding hydrogens is 274 g/mol. The van der Waals surface area contributed by atoms with Gasteiger partial charge in [0.1, 0.15) is 0 Å². The van der Waals surface area contributed by atoms with E-state index in [1.165, 1.54) is 12.8 Å². The summed E-state index contributed by atoms with van der Waals surface area (Å²) in [6.45, 7) is 4.98. The molecule has 1 saturated heterocycles. The molecule has 2 fully saturated rings. The lowest BCUT2D eigenvalue weighted by atomic mass is 9.89. The van der Waals surface area contributed by atoms with Crippen molar-refractivity contribution in [2.24, 2.45) is 11.3 Å². The van der Waals surface area contributed by atoms with Gasteiger partial charge in [-0.25, -0.2) is 4.72 Å². The summed E-state index contributed by atoms with van der Waals surface area (Å²) in [7, 11) is -1.38. The number of hydrogen-bond acceptors (Lipinski definition) is 3. The zero-order valence-electron chi connectivity index (χ0n) is 12.8. The molecule has 0 aromatic carbocycles. The number of piperidine rings is 1. The quantitative estimate of drug-likeness (QED) is 0.778. The predicted octanol–water partition coefficient (Wildman–Crippen LogP) is 1.33. The molecule has 1 aliphatic carbocycles. The smallest absolute Gasteiger partial charge is 0.279 e. The molecule has 1 atom stereocenters. The zero-order valence-corrected chi connectivity index (χ0v) is 13.6. The van der Waals surface area contributed by atoms with Gasteiger partial charge in [0.05, 0.1) is 0 Å². The van der Waals surface area contributed by atoms with Gasteiger partial charge < -0.3 is 5.32 Å². The first kappa shape index (κ1) is 16.2. The van der Waals surface area contributed by atoms with E-state index in [1.807, 2.05) is 7.05 Å². The lowest BCUT2D eigenvalue weighted by molar-refractivity contribution is 0.256. The fraction of sp³-hybridized carbons (Fsp3) is 1.00. The van der Waals surface area contributed by atoms with Crippen molar-refractivity contribution >= 4 is 10.2 Å². The van der Waals surface area contributed by atoms with Gasteiger partial charge in [-0.2, -0.15) is 12.7 Å². The first-order chi connectivity index (χ1) is 9.45. The number of nitrogens with zero attached hydrogens (tertiary/aromatic N) is 1. The molecule has 0 amide bonds. The number of rotatable bonds is 6. The van der Waals surface area contributed by atoms with Crippen LogP contribution in [0.4, 0.5) is 0 Å². The highest BCUT2D eigenvalue weighted by Crippen LogP contribution is 2.36. The van der Waals surface area contributed by atoms with Crippen molar-refractivity contribution in [3.63, 3.8) is 0 Å². The Morgan fingerprint density at radius 1 is 1.25 bits per heavy atom. The van der Waals surface area contributed by atoms with Gasteiger partial charge >= 0.3 is 0 Å². The van der Waals surface area contributed by atoms with Crippen LogP contribution in [0.3, 0.4) is 0 Å². The first-order valence-electron chi connectivity index (χ1n) is 7.84. The Kier molecular flexibility index (Phi) is 5.45. The van der Waals surface area contributed by atoms with Crippen LogP contribution >= 0.6 is 0 Å². The topological polar surface area (TPSA) is 61.4 Å². The van der Waals surface area contributed by atoms with Crippen LogP contribution in [-0.4, -0.2) is 45.9 Å². The van der Waals surface area contributed by atoms with Crippen molar-refractivity contribution in [3.8, 4) is 0 Å². The molecule has 20 heavy (non-hydrogen) atoms. The molecule has 1 saturated carbocycles. The van der Waals surface area contributed by atoms with E-state index in [0.717, 1.165) is 32.2 Å². The normalized spacial score (nSPS) is 27.8. The van der Waals surface area contributed by atoms with E-state index in [-0.39, 0.29) is 5.41 Å². The van der Waals surface area contributed by atoms with Crippen LogP contribution in [0.5, 0.6) is 0 Å². The molecule has 1 aliphatic heterocycles. The average molecular weight is 303 g/mol. The standard InChI is InChI=1S/C14H29N3O2S/c1-14(7-3-4-8-14)12-16-20(18,19)17-9-5-6-13(11-17)10-15-2/h13,15-16H,3-12H2,1-2H3. The van der Waals surface area contributed by atoms with E-state index in [1.54, 1.807) is 4.31 Å². The summed E-state index contributed by atoms with van der Waals surface area (Å²) in [5, 5.41) is 3.15. The third kappa shape index (κ3) is 4.16. The highest BCUT2D eigenvalue weighted by molar-refractivity contribution is 7.87. The summed E-state index contributed by atoms with van der Waals surface area (Å²) in [5.41, 5.74) is 0.160. The number of hydrogen-bond donors (Lipinski definition) is 2. The maximum atomic E-state index is 12.4. The van der Waals surface area contributed by atoms with Gasteiger partial charge in [-0.1, -0.05) is 19.8 Å². The lowest BCUT2D eigenvalue weighted by Gasteiger charge is -2.33. The molecule has 1 heterocycles. The molecule has 118 valence electrons. The van der Waals surface area contributed by atoms with E-state index in [0.29, 0.717) is 25.6 Å². The summed E-state index contributed by atoms with van der Waals surface area (Å²) in [6.07, 6.45) is 6.81. The molecule has 2 aliphatic rings.